The Labute approximate surface area is 199 Å². The average molecular weight is 471 g/mol. The fraction of sp³-hybridized carbons (Fsp3) is 0.480. The minimum absolute atomic E-state index is 0.0411. The van der Waals surface area contributed by atoms with Gasteiger partial charge >= 0.3 is 0 Å². The largest absolute Gasteiger partial charge is 0.474 e. The van der Waals surface area contributed by atoms with Crippen LogP contribution in [-0.4, -0.2) is 58.9 Å². The summed E-state index contributed by atoms with van der Waals surface area (Å²) in [7, 11) is 0. The summed E-state index contributed by atoms with van der Waals surface area (Å²) >= 11 is 5.95. The Morgan fingerprint density at radius 2 is 1.79 bits per heavy atom. The molecule has 0 aliphatic carbocycles. The minimum Gasteiger partial charge on any atom is -0.474 e. The Kier molecular flexibility index (Phi) is 7.08. The minimum atomic E-state index is -0.154. The van der Waals surface area contributed by atoms with Gasteiger partial charge in [-0.15, -0.1) is 0 Å². The summed E-state index contributed by atoms with van der Waals surface area (Å²) in [6, 6.07) is 11.4. The molecule has 2 fully saturated rings. The molecule has 2 aromatic rings. The number of nitrogen functional groups attached to an aromatic ring is 1. The second kappa shape index (κ2) is 10.00. The quantitative estimate of drug-likeness (QED) is 0.674. The number of halogens is 1. The number of aromatic nitrogens is 1. The molecular weight excluding hydrogens is 440 g/mol. The highest BCUT2D eigenvalue weighted by atomic mass is 35.5. The fourth-order valence-corrected chi connectivity index (χ4v) is 5.10. The van der Waals surface area contributed by atoms with Gasteiger partial charge in [0.1, 0.15) is 6.10 Å². The second-order valence-electron chi connectivity index (χ2n) is 9.10. The second-order valence-corrected chi connectivity index (χ2v) is 9.53. The van der Waals surface area contributed by atoms with Gasteiger partial charge in [0.25, 0.3) is 0 Å². The smallest absolute Gasteiger partial charge is 0.225 e. The number of amides is 2. The van der Waals surface area contributed by atoms with Crippen LogP contribution in [-0.2, 0) is 9.59 Å². The third-order valence-electron chi connectivity index (χ3n) is 6.94. The van der Waals surface area contributed by atoms with Gasteiger partial charge in [0.15, 0.2) is 0 Å². The Hall–Kier alpha value is -2.80. The van der Waals surface area contributed by atoms with E-state index in [4.69, 9.17) is 22.1 Å². The van der Waals surface area contributed by atoms with Crippen LogP contribution >= 0.6 is 11.6 Å². The topological polar surface area (TPSA) is 88.8 Å². The molecule has 2 N–H and O–H groups in total. The molecule has 4 rings (SSSR count). The van der Waals surface area contributed by atoms with Crippen LogP contribution in [0.4, 0.5) is 5.69 Å². The maximum absolute atomic E-state index is 13.4. The Bertz CT molecular complexity index is 974. The van der Waals surface area contributed by atoms with E-state index >= 15 is 0 Å². The van der Waals surface area contributed by atoms with Crippen molar-refractivity contribution in [2.75, 3.05) is 31.9 Å². The molecule has 2 amide bonds. The molecule has 0 saturated carbocycles. The van der Waals surface area contributed by atoms with E-state index in [0.29, 0.717) is 55.6 Å². The van der Waals surface area contributed by atoms with E-state index in [-0.39, 0.29) is 35.7 Å². The number of likely N-dealkylation sites (tertiary alicyclic amines) is 2. The first-order chi connectivity index (χ1) is 15.8. The molecule has 1 aromatic carbocycles. The molecule has 2 saturated heterocycles. The van der Waals surface area contributed by atoms with E-state index in [1.54, 1.807) is 25.3 Å². The van der Waals surface area contributed by atoms with Crippen LogP contribution in [0.2, 0.25) is 5.02 Å². The predicted molar refractivity (Wildman–Crippen MR) is 128 cm³/mol. The summed E-state index contributed by atoms with van der Waals surface area (Å²) in [6.45, 7) is 6.17. The molecule has 8 heteroatoms. The Balaban J connectivity index is 1.49. The van der Waals surface area contributed by atoms with E-state index in [0.717, 1.165) is 5.56 Å². The summed E-state index contributed by atoms with van der Waals surface area (Å²) in [4.78, 5) is 33.1. The molecule has 33 heavy (non-hydrogen) atoms. The first kappa shape index (κ1) is 23.4. The van der Waals surface area contributed by atoms with Crippen LogP contribution in [0.3, 0.4) is 0 Å². The lowest BCUT2D eigenvalue weighted by Crippen LogP contribution is -2.43. The summed E-state index contributed by atoms with van der Waals surface area (Å²) in [5.74, 6) is 0.969. The van der Waals surface area contributed by atoms with Crippen molar-refractivity contribution in [1.29, 1.82) is 0 Å². The van der Waals surface area contributed by atoms with Crippen molar-refractivity contribution in [3.63, 3.8) is 0 Å². The first-order valence-corrected chi connectivity index (χ1v) is 11.9. The number of carbonyl (C=O) groups excluding carboxylic acids is 2. The van der Waals surface area contributed by atoms with E-state index in [1.165, 1.54) is 0 Å². The van der Waals surface area contributed by atoms with Gasteiger partial charge in [-0.25, -0.2) is 4.98 Å². The van der Waals surface area contributed by atoms with Gasteiger partial charge in [-0.2, -0.15) is 0 Å². The number of benzene rings is 1. The first-order valence-electron chi connectivity index (χ1n) is 11.5. The standard InChI is InChI=1S/C25H31ClN4O3/c1-16(33-24-8-5-20(26)13-28-24)22-14-30(15-23(22)18-3-6-21(27)7-4-18)25(32)19-9-11-29(12-10-19)17(2)31/h3-8,13,16,19,22-23H,9-12,14-15,27H2,1-2H3/t16-,22+,23+/m0/s1. The number of carbonyl (C=O) groups is 2. The number of rotatable bonds is 5. The number of hydrogen-bond donors (Lipinski definition) is 1. The number of ether oxygens (including phenoxy) is 1. The van der Waals surface area contributed by atoms with Crippen molar-refractivity contribution in [2.24, 2.45) is 11.8 Å². The van der Waals surface area contributed by atoms with Gasteiger partial charge < -0.3 is 20.3 Å². The molecule has 0 bridgehead atoms. The maximum atomic E-state index is 13.4. The van der Waals surface area contributed by atoms with Gasteiger partial charge in [0.05, 0.1) is 5.02 Å². The van der Waals surface area contributed by atoms with E-state index < -0.39 is 0 Å². The van der Waals surface area contributed by atoms with Crippen LogP contribution in [0.25, 0.3) is 0 Å². The van der Waals surface area contributed by atoms with Crippen LogP contribution in [0, 0.1) is 11.8 Å². The number of pyridine rings is 1. The molecule has 176 valence electrons. The molecule has 3 atom stereocenters. The predicted octanol–water partition coefficient (Wildman–Crippen LogP) is 3.59. The molecule has 0 unspecified atom stereocenters. The van der Waals surface area contributed by atoms with Gasteiger partial charge in [0.2, 0.25) is 17.7 Å². The van der Waals surface area contributed by atoms with Gasteiger partial charge in [-0.1, -0.05) is 23.7 Å². The monoisotopic (exact) mass is 470 g/mol. The Morgan fingerprint density at radius 1 is 1.09 bits per heavy atom. The molecule has 0 spiro atoms. The van der Waals surface area contributed by atoms with Crippen LogP contribution < -0.4 is 10.5 Å². The lowest BCUT2D eigenvalue weighted by atomic mass is 9.85. The number of anilines is 1. The molecule has 7 nitrogen and oxygen atoms in total. The Morgan fingerprint density at radius 3 is 2.39 bits per heavy atom. The SMILES string of the molecule is CC(=O)N1CCC(C(=O)N2C[C@H]([C@H](C)Oc3ccc(Cl)cn3)[C@@H](c3ccc(N)cc3)C2)CC1. The number of piperidine rings is 1. The molecule has 2 aliphatic rings. The van der Waals surface area contributed by atoms with Crippen molar-refractivity contribution >= 4 is 29.1 Å². The number of hydrogen-bond acceptors (Lipinski definition) is 5. The summed E-state index contributed by atoms with van der Waals surface area (Å²) in [5.41, 5.74) is 7.77. The third-order valence-corrected chi connectivity index (χ3v) is 7.16. The average Bonchev–Trinajstić information content (AvgIpc) is 3.26. The third kappa shape index (κ3) is 5.41. The van der Waals surface area contributed by atoms with Gasteiger partial charge in [-0.05, 0) is 43.5 Å². The fourth-order valence-electron chi connectivity index (χ4n) is 4.99. The molecule has 1 aromatic heterocycles. The van der Waals surface area contributed by atoms with Crippen LogP contribution in [0.1, 0.15) is 38.2 Å². The van der Waals surface area contributed by atoms with Crippen molar-refractivity contribution in [3.8, 4) is 5.88 Å². The van der Waals surface area contributed by atoms with Crippen LogP contribution in [0.15, 0.2) is 42.6 Å². The zero-order valence-corrected chi connectivity index (χ0v) is 19.9. The zero-order valence-electron chi connectivity index (χ0n) is 19.1. The van der Waals surface area contributed by atoms with Crippen LogP contribution in [0.5, 0.6) is 5.88 Å². The molecule has 0 radical (unpaired) electrons. The van der Waals surface area contributed by atoms with Crippen molar-refractivity contribution in [3.05, 3.63) is 53.2 Å². The van der Waals surface area contributed by atoms with Crippen molar-refractivity contribution in [1.82, 2.24) is 14.8 Å². The lowest BCUT2D eigenvalue weighted by molar-refractivity contribution is -0.139. The van der Waals surface area contributed by atoms with Gasteiger partial charge in [0, 0.05) is 68.8 Å². The van der Waals surface area contributed by atoms with E-state index in [9.17, 15) is 9.59 Å². The molecule has 3 heterocycles. The van der Waals surface area contributed by atoms with Gasteiger partial charge in [-0.3, -0.25) is 9.59 Å². The summed E-state index contributed by atoms with van der Waals surface area (Å²) in [5, 5.41) is 0.559. The highest BCUT2D eigenvalue weighted by molar-refractivity contribution is 6.30. The van der Waals surface area contributed by atoms with Crippen molar-refractivity contribution < 1.29 is 14.3 Å². The lowest BCUT2D eigenvalue weighted by Gasteiger charge is -2.32. The normalized spacial score (nSPS) is 22.3. The molecular formula is C25H31ClN4O3. The van der Waals surface area contributed by atoms with E-state index in [2.05, 4.69) is 4.98 Å². The summed E-state index contributed by atoms with van der Waals surface area (Å²) < 4.78 is 6.17. The highest BCUT2D eigenvalue weighted by Gasteiger charge is 2.42. The summed E-state index contributed by atoms with van der Waals surface area (Å²) in [6.07, 6.45) is 2.84. The van der Waals surface area contributed by atoms with Crippen molar-refractivity contribution in [2.45, 2.75) is 38.7 Å². The zero-order chi connectivity index (χ0) is 23.5. The van der Waals surface area contributed by atoms with E-state index in [1.807, 2.05) is 41.0 Å². The highest BCUT2D eigenvalue weighted by Crippen LogP contribution is 2.37. The molecule has 2 aliphatic heterocycles. The number of nitrogens with zero attached hydrogens (tertiary/aromatic N) is 3. The number of nitrogens with two attached hydrogens (primary N) is 1. The maximum Gasteiger partial charge on any atom is 0.225 e.